The monoisotopic (exact) mass is 340 g/mol. The Morgan fingerprint density at radius 1 is 1.00 bits per heavy atom. The van der Waals surface area contributed by atoms with E-state index in [0.29, 0.717) is 11.6 Å². The molecule has 0 saturated heterocycles. The number of ether oxygens (including phenoxy) is 1. The van der Waals surface area contributed by atoms with E-state index in [1.807, 2.05) is 36.4 Å². The Kier molecular flexibility index (Phi) is 2.82. The van der Waals surface area contributed by atoms with Crippen LogP contribution in [0.25, 0.3) is 21.9 Å². The van der Waals surface area contributed by atoms with Gasteiger partial charge in [0.1, 0.15) is 5.75 Å². The summed E-state index contributed by atoms with van der Waals surface area (Å²) in [4.78, 5) is 8.80. The van der Waals surface area contributed by atoms with Crippen LogP contribution in [0.3, 0.4) is 0 Å². The quantitative estimate of drug-likeness (QED) is 0.597. The zero-order valence-electron chi connectivity index (χ0n) is 10.7. The van der Waals surface area contributed by atoms with Gasteiger partial charge in [0.25, 0.3) is 0 Å². The summed E-state index contributed by atoms with van der Waals surface area (Å²) in [6.45, 7) is 0. The van der Waals surface area contributed by atoms with Crippen LogP contribution in [0.1, 0.15) is 0 Å². The number of rotatable bonds is 2. The van der Waals surface area contributed by atoms with Gasteiger partial charge >= 0.3 is 0 Å². The van der Waals surface area contributed by atoms with Gasteiger partial charge in [-0.15, -0.1) is 0 Å². The maximum absolute atomic E-state index is 5.77. The molecule has 0 radical (unpaired) electrons. The van der Waals surface area contributed by atoms with E-state index >= 15 is 0 Å². The second kappa shape index (κ2) is 4.82. The molecule has 2 aromatic carbocycles. The first-order chi connectivity index (χ1) is 10.3. The molecule has 0 aliphatic carbocycles. The topological polar surface area (TPSA) is 63.7 Å². The van der Waals surface area contributed by atoms with Gasteiger partial charge in [-0.1, -0.05) is 15.9 Å². The molecule has 0 aliphatic heterocycles. The molecule has 0 unspecified atom stereocenters. The van der Waals surface area contributed by atoms with Crippen LogP contribution in [0.15, 0.2) is 53.3 Å². The first-order valence-electron chi connectivity index (χ1n) is 6.31. The molecule has 0 saturated carbocycles. The third-order valence-corrected chi connectivity index (χ3v) is 3.61. The molecular formula is C15H9BrN4O. The lowest BCUT2D eigenvalue weighted by atomic mass is 10.2. The van der Waals surface area contributed by atoms with E-state index in [1.165, 1.54) is 0 Å². The molecule has 102 valence electrons. The molecule has 0 spiro atoms. The molecule has 21 heavy (non-hydrogen) atoms. The van der Waals surface area contributed by atoms with Crippen molar-refractivity contribution in [2.75, 3.05) is 0 Å². The van der Waals surface area contributed by atoms with Crippen LogP contribution < -0.4 is 4.74 Å². The highest BCUT2D eigenvalue weighted by atomic mass is 79.9. The maximum atomic E-state index is 5.77. The van der Waals surface area contributed by atoms with E-state index in [9.17, 15) is 0 Å². The molecule has 0 amide bonds. The highest BCUT2D eigenvalue weighted by molar-refractivity contribution is 9.10. The minimum Gasteiger partial charge on any atom is -0.437 e. The molecule has 0 bridgehead atoms. The maximum Gasteiger partial charge on any atom is 0.238 e. The molecule has 2 heterocycles. The second-order valence-corrected chi connectivity index (χ2v) is 5.48. The van der Waals surface area contributed by atoms with Gasteiger partial charge in [0.15, 0.2) is 0 Å². The zero-order valence-corrected chi connectivity index (χ0v) is 12.3. The Hall–Kier alpha value is -2.47. The molecule has 4 rings (SSSR count). The summed E-state index contributed by atoms with van der Waals surface area (Å²) in [6, 6.07) is 11.5. The van der Waals surface area contributed by atoms with E-state index in [1.54, 1.807) is 12.4 Å². The summed E-state index contributed by atoms with van der Waals surface area (Å²) in [5.74, 6) is 1.15. The summed E-state index contributed by atoms with van der Waals surface area (Å²) < 4.78 is 6.73. The zero-order chi connectivity index (χ0) is 14.2. The number of halogens is 1. The number of hydrogen-bond donors (Lipinski definition) is 1. The van der Waals surface area contributed by atoms with Crippen LogP contribution in [0.4, 0.5) is 0 Å². The molecule has 1 N–H and O–H groups in total. The lowest BCUT2D eigenvalue weighted by Gasteiger charge is -2.05. The fraction of sp³-hybridized carbons (Fsp3) is 0. The minimum absolute atomic E-state index is 0.458. The fourth-order valence-corrected chi connectivity index (χ4v) is 2.47. The Morgan fingerprint density at radius 3 is 2.90 bits per heavy atom. The van der Waals surface area contributed by atoms with Gasteiger partial charge in [-0.25, -0.2) is 9.97 Å². The number of nitrogens with zero attached hydrogens (tertiary/aromatic N) is 3. The Morgan fingerprint density at radius 2 is 1.95 bits per heavy atom. The standard InChI is InChI=1S/C15H9BrN4O/c16-10-2-4-12-14(5-10)19-15(8-17-12)21-11-3-1-9-7-18-20-13(9)6-11/h1-8H,(H,18,20). The van der Waals surface area contributed by atoms with E-state index in [0.717, 1.165) is 26.4 Å². The molecule has 0 fully saturated rings. The van der Waals surface area contributed by atoms with Crippen molar-refractivity contribution in [1.82, 2.24) is 20.2 Å². The van der Waals surface area contributed by atoms with Crippen molar-refractivity contribution in [3.8, 4) is 11.6 Å². The Bertz CT molecular complexity index is 951. The average Bonchev–Trinajstić information content (AvgIpc) is 2.94. The number of nitrogens with one attached hydrogen (secondary N) is 1. The third kappa shape index (κ3) is 2.34. The Labute approximate surface area is 128 Å². The molecular weight excluding hydrogens is 332 g/mol. The summed E-state index contributed by atoms with van der Waals surface area (Å²) in [7, 11) is 0. The van der Waals surface area contributed by atoms with Crippen molar-refractivity contribution in [3.05, 3.63) is 53.3 Å². The van der Waals surface area contributed by atoms with Crippen molar-refractivity contribution in [2.45, 2.75) is 0 Å². The van der Waals surface area contributed by atoms with Crippen molar-refractivity contribution in [3.63, 3.8) is 0 Å². The number of aromatic nitrogens is 4. The van der Waals surface area contributed by atoms with Crippen LogP contribution in [0, 0.1) is 0 Å². The highest BCUT2D eigenvalue weighted by Crippen LogP contribution is 2.25. The first-order valence-corrected chi connectivity index (χ1v) is 7.10. The van der Waals surface area contributed by atoms with Gasteiger partial charge < -0.3 is 4.74 Å². The van der Waals surface area contributed by atoms with Gasteiger partial charge in [0.05, 0.1) is 28.9 Å². The number of fused-ring (bicyclic) bond motifs is 2. The van der Waals surface area contributed by atoms with E-state index in [4.69, 9.17) is 4.74 Å². The van der Waals surface area contributed by atoms with Crippen molar-refractivity contribution >= 4 is 37.9 Å². The van der Waals surface area contributed by atoms with Crippen molar-refractivity contribution < 1.29 is 4.74 Å². The summed E-state index contributed by atoms with van der Waals surface area (Å²) in [6.07, 6.45) is 3.39. The van der Waals surface area contributed by atoms with Crippen LogP contribution in [0.2, 0.25) is 0 Å². The molecule has 0 aliphatic rings. The number of hydrogen-bond acceptors (Lipinski definition) is 4. The van der Waals surface area contributed by atoms with E-state index in [-0.39, 0.29) is 0 Å². The van der Waals surface area contributed by atoms with Gasteiger partial charge in [-0.3, -0.25) is 5.10 Å². The number of aromatic amines is 1. The van der Waals surface area contributed by atoms with Crippen molar-refractivity contribution in [2.24, 2.45) is 0 Å². The predicted octanol–water partition coefficient (Wildman–Crippen LogP) is 4.06. The fourth-order valence-electron chi connectivity index (χ4n) is 2.12. The smallest absolute Gasteiger partial charge is 0.238 e. The highest BCUT2D eigenvalue weighted by Gasteiger charge is 2.04. The van der Waals surface area contributed by atoms with Crippen LogP contribution in [-0.4, -0.2) is 20.2 Å². The first kappa shape index (κ1) is 12.3. The van der Waals surface area contributed by atoms with E-state index < -0.39 is 0 Å². The number of H-pyrrole nitrogens is 1. The Balaban J connectivity index is 1.72. The third-order valence-electron chi connectivity index (χ3n) is 3.12. The van der Waals surface area contributed by atoms with Crippen LogP contribution in [-0.2, 0) is 0 Å². The lowest BCUT2D eigenvalue weighted by Crippen LogP contribution is -1.91. The average molecular weight is 341 g/mol. The molecule has 5 nitrogen and oxygen atoms in total. The minimum atomic E-state index is 0.458. The van der Waals surface area contributed by atoms with Gasteiger partial charge in [0, 0.05) is 15.9 Å². The van der Waals surface area contributed by atoms with Gasteiger partial charge in [0.2, 0.25) is 5.88 Å². The normalized spacial score (nSPS) is 11.1. The van der Waals surface area contributed by atoms with Gasteiger partial charge in [-0.2, -0.15) is 5.10 Å². The molecule has 0 atom stereocenters. The SMILES string of the molecule is Brc1ccc2ncc(Oc3ccc4cn[nH]c4c3)nc2c1. The summed E-state index contributed by atoms with van der Waals surface area (Å²) >= 11 is 3.43. The van der Waals surface area contributed by atoms with Crippen LogP contribution in [0.5, 0.6) is 11.6 Å². The van der Waals surface area contributed by atoms with Crippen LogP contribution >= 0.6 is 15.9 Å². The largest absolute Gasteiger partial charge is 0.437 e. The number of benzene rings is 2. The molecule has 2 aromatic heterocycles. The predicted molar refractivity (Wildman–Crippen MR) is 83.4 cm³/mol. The lowest BCUT2D eigenvalue weighted by molar-refractivity contribution is 0.463. The molecule has 6 heteroatoms. The molecule has 4 aromatic rings. The van der Waals surface area contributed by atoms with E-state index in [2.05, 4.69) is 36.1 Å². The van der Waals surface area contributed by atoms with Gasteiger partial charge in [-0.05, 0) is 30.3 Å². The summed E-state index contributed by atoms with van der Waals surface area (Å²) in [5.41, 5.74) is 2.53. The summed E-state index contributed by atoms with van der Waals surface area (Å²) in [5, 5.41) is 7.93. The van der Waals surface area contributed by atoms with Crippen molar-refractivity contribution in [1.29, 1.82) is 0 Å². The second-order valence-electron chi connectivity index (χ2n) is 4.56.